The van der Waals surface area contributed by atoms with Crippen LogP contribution in [0.4, 0.5) is 0 Å². The number of hydrogen-bond donors (Lipinski definition) is 1. The second-order valence-corrected chi connectivity index (χ2v) is 6.10. The smallest absolute Gasteiger partial charge is 0.261 e. The fourth-order valence-electron chi connectivity index (χ4n) is 3.15. The average molecular weight is 365 g/mol. The maximum atomic E-state index is 12.5. The topological polar surface area (TPSA) is 104 Å². The molecule has 0 fully saturated rings. The van der Waals surface area contributed by atoms with E-state index in [4.69, 9.17) is 14.6 Å². The van der Waals surface area contributed by atoms with Crippen LogP contribution in [0.1, 0.15) is 0 Å². The lowest BCUT2D eigenvalue weighted by molar-refractivity contribution is 0.171. The van der Waals surface area contributed by atoms with Gasteiger partial charge >= 0.3 is 0 Å². The van der Waals surface area contributed by atoms with Crippen LogP contribution in [0.15, 0.2) is 41.5 Å². The van der Waals surface area contributed by atoms with E-state index in [0.29, 0.717) is 47.2 Å². The van der Waals surface area contributed by atoms with Crippen LogP contribution in [-0.2, 0) is 6.54 Å². The Kier molecular flexibility index (Phi) is 3.54. The van der Waals surface area contributed by atoms with E-state index in [1.54, 1.807) is 16.8 Å². The number of aliphatic hydroxyl groups excluding tert-OH is 1. The molecule has 1 aromatic carbocycles. The predicted octanol–water partition coefficient (Wildman–Crippen LogP) is 0.870. The molecule has 0 spiro atoms. The van der Waals surface area contributed by atoms with Crippen LogP contribution in [0.2, 0.25) is 0 Å². The molecule has 9 nitrogen and oxygen atoms in total. The van der Waals surface area contributed by atoms with Crippen molar-refractivity contribution in [3.05, 3.63) is 47.0 Å². The number of fused-ring (bicyclic) bond motifs is 4. The lowest BCUT2D eigenvalue weighted by Gasteiger charge is -2.18. The van der Waals surface area contributed by atoms with E-state index in [2.05, 4.69) is 15.1 Å². The molecule has 27 heavy (non-hydrogen) atoms. The third kappa shape index (κ3) is 2.51. The van der Waals surface area contributed by atoms with Gasteiger partial charge < -0.3 is 19.1 Å². The van der Waals surface area contributed by atoms with Crippen molar-refractivity contribution < 1.29 is 14.6 Å². The second kappa shape index (κ2) is 6.06. The summed E-state index contributed by atoms with van der Waals surface area (Å²) in [6, 6.07) is 7.29. The summed E-state index contributed by atoms with van der Waals surface area (Å²) in [5.41, 5.74) is 1.15. The lowest BCUT2D eigenvalue weighted by Crippen LogP contribution is -2.21. The van der Waals surface area contributed by atoms with Gasteiger partial charge in [0.25, 0.3) is 11.3 Å². The van der Waals surface area contributed by atoms with Gasteiger partial charge in [-0.15, -0.1) is 5.10 Å². The molecule has 0 atom stereocenters. The summed E-state index contributed by atoms with van der Waals surface area (Å²) < 4.78 is 14.1. The number of rotatable bonds is 3. The first-order valence-corrected chi connectivity index (χ1v) is 8.50. The molecule has 4 heterocycles. The molecule has 0 amide bonds. The van der Waals surface area contributed by atoms with Crippen LogP contribution in [0.3, 0.4) is 0 Å². The molecule has 5 rings (SSSR count). The summed E-state index contributed by atoms with van der Waals surface area (Å²) >= 11 is 0. The highest BCUT2D eigenvalue weighted by atomic mass is 16.6. The minimum Gasteiger partial charge on any atom is -0.486 e. The Hall–Kier alpha value is -3.46. The highest BCUT2D eigenvalue weighted by Gasteiger charge is 2.16. The molecular weight excluding hydrogens is 350 g/mol. The lowest BCUT2D eigenvalue weighted by atomic mass is 10.2. The van der Waals surface area contributed by atoms with Gasteiger partial charge in [-0.05, 0) is 24.3 Å². The highest BCUT2D eigenvalue weighted by Crippen LogP contribution is 2.33. The zero-order valence-electron chi connectivity index (χ0n) is 14.2. The highest BCUT2D eigenvalue weighted by molar-refractivity contribution is 5.79. The normalized spacial score (nSPS) is 13.4. The molecule has 136 valence electrons. The molecule has 0 saturated carbocycles. The summed E-state index contributed by atoms with van der Waals surface area (Å²) in [4.78, 5) is 21.2. The molecule has 1 N–H and O–H groups in total. The maximum Gasteiger partial charge on any atom is 0.261 e. The van der Waals surface area contributed by atoms with Crippen LogP contribution < -0.4 is 15.0 Å². The molecule has 1 aliphatic heterocycles. The first-order valence-electron chi connectivity index (χ1n) is 8.50. The summed E-state index contributed by atoms with van der Waals surface area (Å²) in [6.45, 7) is 1.15. The SMILES string of the molecule is O=c1c2cnc3nc(-c4ccc5c(c4)OCCO5)nn3c2ccn1CCO. The van der Waals surface area contributed by atoms with Crippen LogP contribution in [0.5, 0.6) is 11.5 Å². The molecule has 0 unspecified atom stereocenters. The summed E-state index contributed by atoms with van der Waals surface area (Å²) in [5, 5.41) is 14.0. The third-order valence-corrected chi connectivity index (χ3v) is 4.45. The van der Waals surface area contributed by atoms with Gasteiger partial charge in [0.1, 0.15) is 13.2 Å². The summed E-state index contributed by atoms with van der Waals surface area (Å²) in [6.07, 6.45) is 3.12. The van der Waals surface area contributed by atoms with Crippen molar-refractivity contribution in [2.24, 2.45) is 0 Å². The van der Waals surface area contributed by atoms with E-state index in [-0.39, 0.29) is 18.7 Å². The zero-order valence-corrected chi connectivity index (χ0v) is 14.2. The quantitative estimate of drug-likeness (QED) is 0.574. The van der Waals surface area contributed by atoms with Crippen LogP contribution in [0.25, 0.3) is 28.1 Å². The molecule has 4 aromatic rings. The Morgan fingerprint density at radius 3 is 2.85 bits per heavy atom. The molecule has 0 bridgehead atoms. The molecule has 0 aliphatic carbocycles. The van der Waals surface area contributed by atoms with Crippen molar-refractivity contribution in [1.29, 1.82) is 0 Å². The molecule has 1 aliphatic rings. The van der Waals surface area contributed by atoms with E-state index in [0.717, 1.165) is 5.56 Å². The molecular formula is C18H15N5O4. The predicted molar refractivity (Wildman–Crippen MR) is 96.1 cm³/mol. The molecule has 0 saturated heterocycles. The van der Waals surface area contributed by atoms with Crippen molar-refractivity contribution in [1.82, 2.24) is 24.1 Å². The Labute approximate surface area is 152 Å². The molecule has 0 radical (unpaired) electrons. The number of pyridine rings is 1. The Bertz CT molecular complexity index is 1230. The van der Waals surface area contributed by atoms with Gasteiger partial charge in [-0.2, -0.15) is 9.50 Å². The largest absolute Gasteiger partial charge is 0.486 e. The number of ether oxygens (including phenoxy) is 2. The minimum absolute atomic E-state index is 0.112. The van der Waals surface area contributed by atoms with Gasteiger partial charge in [-0.25, -0.2) is 4.98 Å². The van der Waals surface area contributed by atoms with E-state index < -0.39 is 0 Å². The van der Waals surface area contributed by atoms with Crippen LogP contribution in [-0.4, -0.2) is 49.1 Å². The Balaban J connectivity index is 1.66. The Morgan fingerprint density at radius 1 is 1.15 bits per heavy atom. The van der Waals surface area contributed by atoms with Crippen molar-refractivity contribution in [2.45, 2.75) is 6.54 Å². The van der Waals surface area contributed by atoms with Gasteiger partial charge in [-0.1, -0.05) is 0 Å². The zero-order chi connectivity index (χ0) is 18.4. The third-order valence-electron chi connectivity index (χ3n) is 4.45. The van der Waals surface area contributed by atoms with Crippen molar-refractivity contribution >= 4 is 16.7 Å². The maximum absolute atomic E-state index is 12.5. The fraction of sp³-hybridized carbons (Fsp3) is 0.222. The van der Waals surface area contributed by atoms with E-state index in [1.165, 1.54) is 10.8 Å². The summed E-state index contributed by atoms with van der Waals surface area (Å²) in [5.74, 6) is 2.22. The average Bonchev–Trinajstić information content (AvgIpc) is 3.14. The van der Waals surface area contributed by atoms with Gasteiger partial charge in [0.05, 0.1) is 17.5 Å². The number of benzene rings is 1. The van der Waals surface area contributed by atoms with Gasteiger partial charge in [-0.3, -0.25) is 4.79 Å². The number of aliphatic hydroxyl groups is 1. The van der Waals surface area contributed by atoms with E-state index >= 15 is 0 Å². The number of hydrogen-bond acceptors (Lipinski definition) is 7. The van der Waals surface area contributed by atoms with Gasteiger partial charge in [0, 0.05) is 24.5 Å². The van der Waals surface area contributed by atoms with Crippen molar-refractivity contribution in [3.8, 4) is 22.9 Å². The number of nitrogens with zero attached hydrogens (tertiary/aromatic N) is 5. The van der Waals surface area contributed by atoms with Crippen molar-refractivity contribution in [2.75, 3.05) is 19.8 Å². The van der Waals surface area contributed by atoms with E-state index in [9.17, 15) is 4.79 Å². The van der Waals surface area contributed by atoms with Crippen molar-refractivity contribution in [3.63, 3.8) is 0 Å². The minimum atomic E-state index is -0.229. The van der Waals surface area contributed by atoms with Gasteiger partial charge in [0.15, 0.2) is 17.3 Å². The number of aromatic nitrogens is 5. The summed E-state index contributed by atoms with van der Waals surface area (Å²) in [7, 11) is 0. The first-order chi connectivity index (χ1) is 13.2. The standard InChI is InChI=1S/C18H15N5O4/c24-6-5-22-4-3-13-12(17(22)25)10-19-18-20-16(21-23(13)18)11-1-2-14-15(9-11)27-8-7-26-14/h1-4,9-10,24H,5-8H2. The monoisotopic (exact) mass is 365 g/mol. The molecule has 3 aromatic heterocycles. The van der Waals surface area contributed by atoms with E-state index in [1.807, 2.05) is 18.2 Å². The van der Waals surface area contributed by atoms with Crippen LogP contribution >= 0.6 is 0 Å². The van der Waals surface area contributed by atoms with Gasteiger partial charge in [0.2, 0.25) is 0 Å². The first kappa shape index (κ1) is 15.8. The Morgan fingerprint density at radius 2 is 2.00 bits per heavy atom. The second-order valence-electron chi connectivity index (χ2n) is 6.10. The fourth-order valence-corrected chi connectivity index (χ4v) is 3.15. The van der Waals surface area contributed by atoms with Crippen LogP contribution in [0, 0.1) is 0 Å². The molecule has 9 heteroatoms.